The molecule has 110 valence electrons. The van der Waals surface area contributed by atoms with E-state index in [1.54, 1.807) is 19.1 Å². The van der Waals surface area contributed by atoms with E-state index in [0.717, 1.165) is 0 Å². The van der Waals surface area contributed by atoms with Crippen molar-refractivity contribution in [2.24, 2.45) is 0 Å². The van der Waals surface area contributed by atoms with Gasteiger partial charge < -0.3 is 13.3 Å². The van der Waals surface area contributed by atoms with Gasteiger partial charge in [-0.2, -0.15) is 0 Å². The topological polar surface area (TPSA) is 111 Å². The second kappa shape index (κ2) is 5.19. The molecule has 0 saturated carbocycles. The minimum absolute atomic E-state index is 0.0328. The molecule has 9 heteroatoms. The Hall–Kier alpha value is -2.39. The van der Waals surface area contributed by atoms with Gasteiger partial charge in [0.2, 0.25) is 11.0 Å². The first-order valence-electron chi connectivity index (χ1n) is 5.97. The molecule has 0 fully saturated rings. The lowest BCUT2D eigenvalue weighted by molar-refractivity contribution is 0.432. The predicted octanol–water partition coefficient (Wildman–Crippen LogP) is 1.71. The Labute approximate surface area is 119 Å². The van der Waals surface area contributed by atoms with Gasteiger partial charge in [0.15, 0.2) is 5.76 Å². The minimum atomic E-state index is -3.78. The summed E-state index contributed by atoms with van der Waals surface area (Å²) in [5.74, 6) is 1.17. The molecule has 3 heterocycles. The molecule has 3 aromatic heterocycles. The first-order chi connectivity index (χ1) is 10.0. The van der Waals surface area contributed by atoms with Gasteiger partial charge in [-0.25, -0.2) is 13.1 Å². The van der Waals surface area contributed by atoms with Crippen molar-refractivity contribution in [1.29, 1.82) is 0 Å². The van der Waals surface area contributed by atoms with Crippen LogP contribution in [0.25, 0.3) is 11.7 Å². The zero-order valence-electron chi connectivity index (χ0n) is 10.9. The molecule has 3 rings (SSSR count). The normalized spacial score (nSPS) is 11.9. The Morgan fingerprint density at radius 2 is 2.05 bits per heavy atom. The van der Waals surface area contributed by atoms with Gasteiger partial charge >= 0.3 is 0 Å². The van der Waals surface area contributed by atoms with Gasteiger partial charge in [-0.3, -0.25) is 0 Å². The highest BCUT2D eigenvalue weighted by molar-refractivity contribution is 7.89. The zero-order valence-corrected chi connectivity index (χ0v) is 11.8. The molecule has 0 aliphatic carbocycles. The fourth-order valence-electron chi connectivity index (χ4n) is 1.63. The van der Waals surface area contributed by atoms with Crippen LogP contribution in [0.5, 0.6) is 0 Å². The number of rotatable bonds is 5. The summed E-state index contributed by atoms with van der Waals surface area (Å²) in [7, 11) is -3.78. The third kappa shape index (κ3) is 2.88. The van der Waals surface area contributed by atoms with Crippen LogP contribution in [0.1, 0.15) is 11.7 Å². The van der Waals surface area contributed by atoms with Crippen LogP contribution in [-0.4, -0.2) is 18.6 Å². The second-order valence-corrected chi connectivity index (χ2v) is 5.85. The van der Waals surface area contributed by atoms with Crippen molar-refractivity contribution in [2.75, 3.05) is 0 Å². The van der Waals surface area contributed by atoms with Crippen LogP contribution in [0.4, 0.5) is 0 Å². The molecule has 0 aromatic carbocycles. The number of sulfonamides is 1. The van der Waals surface area contributed by atoms with Crippen molar-refractivity contribution in [2.45, 2.75) is 18.6 Å². The maximum Gasteiger partial charge on any atom is 0.283 e. The Morgan fingerprint density at radius 3 is 2.71 bits per heavy atom. The van der Waals surface area contributed by atoms with Gasteiger partial charge in [-0.1, -0.05) is 0 Å². The van der Waals surface area contributed by atoms with Gasteiger partial charge in [0, 0.05) is 6.92 Å². The van der Waals surface area contributed by atoms with Crippen molar-refractivity contribution in [1.82, 2.24) is 14.9 Å². The molecule has 1 N–H and O–H groups in total. The fraction of sp³-hybridized carbons (Fsp3) is 0.167. The van der Waals surface area contributed by atoms with E-state index in [4.69, 9.17) is 13.3 Å². The van der Waals surface area contributed by atoms with Crippen LogP contribution in [0.2, 0.25) is 0 Å². The van der Waals surface area contributed by atoms with Crippen LogP contribution in [0.3, 0.4) is 0 Å². The summed E-state index contributed by atoms with van der Waals surface area (Å²) in [5, 5.41) is 7.17. The molecule has 0 atom stereocenters. The summed E-state index contributed by atoms with van der Waals surface area (Å²) in [6, 6.07) is 6.11. The van der Waals surface area contributed by atoms with E-state index in [9.17, 15) is 8.42 Å². The molecule has 3 aromatic rings. The molecule has 0 unspecified atom stereocenters. The van der Waals surface area contributed by atoms with Crippen LogP contribution in [0.15, 0.2) is 48.9 Å². The maximum absolute atomic E-state index is 12.1. The monoisotopic (exact) mass is 309 g/mol. The minimum Gasteiger partial charge on any atom is -0.468 e. The molecule has 0 aliphatic heterocycles. The highest BCUT2D eigenvalue weighted by atomic mass is 32.2. The second-order valence-electron chi connectivity index (χ2n) is 4.15. The van der Waals surface area contributed by atoms with Crippen LogP contribution in [0, 0.1) is 6.92 Å². The summed E-state index contributed by atoms with van der Waals surface area (Å²) >= 11 is 0. The van der Waals surface area contributed by atoms with Gasteiger partial charge in [0.25, 0.3) is 15.9 Å². The van der Waals surface area contributed by atoms with E-state index < -0.39 is 10.0 Å². The largest absolute Gasteiger partial charge is 0.468 e. The Bertz CT molecular complexity index is 832. The summed E-state index contributed by atoms with van der Waals surface area (Å²) < 4.78 is 42.0. The lowest BCUT2D eigenvalue weighted by Crippen LogP contribution is -2.22. The van der Waals surface area contributed by atoms with Crippen molar-refractivity contribution in [3.63, 3.8) is 0 Å². The third-order valence-corrected chi connectivity index (χ3v) is 3.87. The first kappa shape index (κ1) is 13.6. The maximum atomic E-state index is 12.1. The number of aromatic nitrogens is 2. The molecular weight excluding hydrogens is 298 g/mol. The van der Waals surface area contributed by atoms with E-state index >= 15 is 0 Å². The number of nitrogens with one attached hydrogen (secondary N) is 1. The van der Waals surface area contributed by atoms with E-state index in [2.05, 4.69) is 14.9 Å². The molecule has 0 amide bonds. The number of aryl methyl sites for hydroxylation is 1. The van der Waals surface area contributed by atoms with E-state index in [1.165, 1.54) is 18.4 Å². The molecule has 0 aliphatic rings. The number of nitrogens with zero attached hydrogens (tertiary/aromatic N) is 2. The van der Waals surface area contributed by atoms with Gasteiger partial charge in [-0.15, -0.1) is 10.2 Å². The summed E-state index contributed by atoms with van der Waals surface area (Å²) in [6.07, 6.45) is 1.46. The first-order valence-corrected chi connectivity index (χ1v) is 7.45. The Morgan fingerprint density at radius 1 is 1.19 bits per heavy atom. The van der Waals surface area contributed by atoms with E-state index in [1.807, 2.05) is 0 Å². The smallest absolute Gasteiger partial charge is 0.283 e. The quantitative estimate of drug-likeness (QED) is 0.763. The van der Waals surface area contributed by atoms with Crippen molar-refractivity contribution in [3.8, 4) is 11.7 Å². The van der Waals surface area contributed by atoms with Crippen molar-refractivity contribution < 1.29 is 21.7 Å². The lowest BCUT2D eigenvalue weighted by Gasteiger charge is -2.01. The highest BCUT2D eigenvalue weighted by Gasteiger charge is 2.21. The van der Waals surface area contributed by atoms with Gasteiger partial charge in [-0.05, 0) is 24.3 Å². The van der Waals surface area contributed by atoms with E-state index in [0.29, 0.717) is 11.7 Å². The summed E-state index contributed by atoms with van der Waals surface area (Å²) in [6.45, 7) is 1.66. The fourth-order valence-corrected chi connectivity index (χ4v) is 2.55. The van der Waals surface area contributed by atoms with E-state index in [-0.39, 0.29) is 23.3 Å². The van der Waals surface area contributed by atoms with Crippen LogP contribution < -0.4 is 4.72 Å². The third-order valence-electron chi connectivity index (χ3n) is 2.60. The standard InChI is InChI=1S/C12H11N3O5S/c1-8-14-15-12(19-8)10-4-5-11(20-10)21(16,17)13-7-9-3-2-6-18-9/h2-6,13H,7H2,1H3. The predicted molar refractivity (Wildman–Crippen MR) is 69.5 cm³/mol. The molecule has 0 radical (unpaired) electrons. The van der Waals surface area contributed by atoms with Crippen LogP contribution in [-0.2, 0) is 16.6 Å². The molecule has 0 bridgehead atoms. The van der Waals surface area contributed by atoms with Crippen LogP contribution >= 0.6 is 0 Å². The number of hydrogen-bond acceptors (Lipinski definition) is 7. The van der Waals surface area contributed by atoms with Crippen molar-refractivity contribution >= 4 is 10.0 Å². The Balaban J connectivity index is 1.78. The highest BCUT2D eigenvalue weighted by Crippen LogP contribution is 2.23. The zero-order chi connectivity index (χ0) is 14.9. The average Bonchev–Trinajstić information content (AvgIpc) is 3.17. The number of hydrogen-bond donors (Lipinski definition) is 1. The van der Waals surface area contributed by atoms with Crippen molar-refractivity contribution in [3.05, 3.63) is 42.2 Å². The molecular formula is C12H11N3O5S. The number of furan rings is 2. The summed E-state index contributed by atoms with van der Waals surface area (Å²) in [5.41, 5.74) is 0. The Kier molecular flexibility index (Phi) is 3.35. The molecule has 0 spiro atoms. The average molecular weight is 309 g/mol. The molecule has 8 nitrogen and oxygen atoms in total. The SMILES string of the molecule is Cc1nnc(-c2ccc(S(=O)(=O)NCc3ccco3)o2)o1. The summed E-state index contributed by atoms with van der Waals surface area (Å²) in [4.78, 5) is 0. The van der Waals surface area contributed by atoms with Gasteiger partial charge in [0.1, 0.15) is 5.76 Å². The molecule has 21 heavy (non-hydrogen) atoms. The van der Waals surface area contributed by atoms with Gasteiger partial charge in [0.05, 0.1) is 12.8 Å². The molecule has 0 saturated heterocycles. The lowest BCUT2D eigenvalue weighted by atomic mass is 10.5.